The Labute approximate surface area is 111 Å². The van der Waals surface area contributed by atoms with Crippen LogP contribution in [-0.2, 0) is 9.59 Å². The second-order valence-electron chi connectivity index (χ2n) is 4.00. The molecule has 18 heavy (non-hydrogen) atoms. The smallest absolute Gasteiger partial charge is 0.260 e. The van der Waals surface area contributed by atoms with Crippen molar-refractivity contribution in [1.29, 1.82) is 0 Å². The summed E-state index contributed by atoms with van der Waals surface area (Å²) in [4.78, 5) is 25.0. The van der Waals surface area contributed by atoms with Crippen LogP contribution < -0.4 is 5.32 Å². The van der Waals surface area contributed by atoms with Crippen LogP contribution in [0.5, 0.6) is 0 Å². The van der Waals surface area contributed by atoms with Gasteiger partial charge in [0.1, 0.15) is 0 Å². The molecule has 0 aliphatic carbocycles. The lowest BCUT2D eigenvalue weighted by Crippen LogP contribution is -2.21. The number of para-hydroxylation sites is 1. The predicted molar refractivity (Wildman–Crippen MR) is 72.5 cm³/mol. The minimum atomic E-state index is -0.468. The van der Waals surface area contributed by atoms with Gasteiger partial charge >= 0.3 is 0 Å². The third kappa shape index (κ3) is 3.89. The molecule has 0 heterocycles. The quantitative estimate of drug-likeness (QED) is 0.517. The molecule has 96 valence electrons. The van der Waals surface area contributed by atoms with Crippen LogP contribution in [0.1, 0.15) is 6.92 Å². The van der Waals surface area contributed by atoms with E-state index in [-0.39, 0.29) is 11.4 Å². The monoisotopic (exact) mass is 266 g/mol. The van der Waals surface area contributed by atoms with Gasteiger partial charge in [-0.1, -0.05) is 23.7 Å². The van der Waals surface area contributed by atoms with E-state index >= 15 is 0 Å². The van der Waals surface area contributed by atoms with Crippen molar-refractivity contribution in [3.05, 3.63) is 41.1 Å². The van der Waals surface area contributed by atoms with Crippen LogP contribution in [0.25, 0.3) is 0 Å². The molecule has 0 unspecified atom stereocenters. The number of Topliss-reactive ketones (excluding diaryl/α,β-unsaturated/α-hetero) is 1. The van der Waals surface area contributed by atoms with Crippen molar-refractivity contribution in [2.45, 2.75) is 6.92 Å². The van der Waals surface area contributed by atoms with Crippen molar-refractivity contribution >= 4 is 29.0 Å². The Kier molecular flexibility index (Phi) is 4.92. The van der Waals surface area contributed by atoms with E-state index in [0.717, 1.165) is 0 Å². The standard InChI is InChI=1S/C13H15ClN2O2/c1-9(17)10(8-16(2)3)13(18)15-12-7-5-4-6-11(12)14/h4-8H,1-3H3,(H,15,18). The predicted octanol–water partition coefficient (Wildman–Crippen LogP) is 2.31. The second kappa shape index (κ2) is 6.21. The fourth-order valence-corrected chi connectivity index (χ4v) is 1.50. The lowest BCUT2D eigenvalue weighted by Gasteiger charge is -2.11. The zero-order valence-electron chi connectivity index (χ0n) is 10.5. The van der Waals surface area contributed by atoms with Gasteiger partial charge in [-0.2, -0.15) is 0 Å². The van der Waals surface area contributed by atoms with Gasteiger partial charge in [-0.15, -0.1) is 0 Å². The van der Waals surface area contributed by atoms with Crippen LogP contribution in [0, 0.1) is 0 Å². The number of hydrogen-bond donors (Lipinski definition) is 1. The molecule has 0 atom stereocenters. The molecule has 1 aromatic carbocycles. The highest BCUT2D eigenvalue weighted by Gasteiger charge is 2.15. The largest absolute Gasteiger partial charge is 0.383 e. The summed E-state index contributed by atoms with van der Waals surface area (Å²) >= 11 is 5.93. The van der Waals surface area contributed by atoms with Crippen LogP contribution in [0.3, 0.4) is 0 Å². The number of nitrogens with zero attached hydrogens (tertiary/aromatic N) is 1. The summed E-state index contributed by atoms with van der Waals surface area (Å²) in [5, 5.41) is 3.04. The Bertz CT molecular complexity index is 496. The van der Waals surface area contributed by atoms with E-state index in [1.807, 2.05) is 0 Å². The molecule has 5 heteroatoms. The fraction of sp³-hybridized carbons (Fsp3) is 0.231. The maximum Gasteiger partial charge on any atom is 0.260 e. The number of amides is 1. The maximum atomic E-state index is 12.0. The van der Waals surface area contributed by atoms with Crippen molar-refractivity contribution < 1.29 is 9.59 Å². The Morgan fingerprint density at radius 3 is 2.39 bits per heavy atom. The molecule has 0 aliphatic rings. The normalized spacial score (nSPS) is 11.0. The van der Waals surface area contributed by atoms with Gasteiger partial charge in [0.05, 0.1) is 16.3 Å². The van der Waals surface area contributed by atoms with Crippen LogP contribution >= 0.6 is 11.6 Å². The van der Waals surface area contributed by atoms with Gasteiger partial charge in [0.2, 0.25) is 0 Å². The number of benzene rings is 1. The number of carbonyl (C=O) groups excluding carboxylic acids is 2. The van der Waals surface area contributed by atoms with Crippen LogP contribution in [0.2, 0.25) is 5.02 Å². The molecule has 0 radical (unpaired) electrons. The number of hydrogen-bond acceptors (Lipinski definition) is 3. The molecule has 1 rings (SSSR count). The summed E-state index contributed by atoms with van der Waals surface area (Å²) in [6.45, 7) is 1.35. The van der Waals surface area contributed by atoms with Gasteiger partial charge in [0, 0.05) is 20.3 Å². The third-order valence-electron chi connectivity index (χ3n) is 2.13. The van der Waals surface area contributed by atoms with Crippen LogP contribution in [0.4, 0.5) is 5.69 Å². The number of anilines is 1. The Balaban J connectivity index is 2.94. The zero-order valence-corrected chi connectivity index (χ0v) is 11.3. The van der Waals surface area contributed by atoms with Gasteiger partial charge < -0.3 is 10.2 Å². The average molecular weight is 267 g/mol. The first-order valence-electron chi connectivity index (χ1n) is 5.37. The summed E-state index contributed by atoms with van der Waals surface area (Å²) in [6.07, 6.45) is 1.48. The van der Waals surface area contributed by atoms with Crippen molar-refractivity contribution in [2.24, 2.45) is 0 Å². The summed E-state index contributed by atoms with van der Waals surface area (Å²) < 4.78 is 0. The lowest BCUT2D eigenvalue weighted by atomic mass is 10.2. The van der Waals surface area contributed by atoms with E-state index < -0.39 is 5.91 Å². The first-order valence-corrected chi connectivity index (χ1v) is 5.74. The number of nitrogens with one attached hydrogen (secondary N) is 1. The van der Waals surface area contributed by atoms with Crippen LogP contribution in [0.15, 0.2) is 36.0 Å². The molecule has 1 amide bonds. The molecule has 1 aromatic rings. The van der Waals surface area contributed by atoms with E-state index in [4.69, 9.17) is 11.6 Å². The molecule has 0 aromatic heterocycles. The first kappa shape index (κ1) is 14.3. The summed E-state index contributed by atoms with van der Waals surface area (Å²) in [5.74, 6) is -0.766. The minimum Gasteiger partial charge on any atom is -0.383 e. The third-order valence-corrected chi connectivity index (χ3v) is 2.46. The van der Waals surface area contributed by atoms with E-state index in [0.29, 0.717) is 10.7 Å². The topological polar surface area (TPSA) is 49.4 Å². The average Bonchev–Trinajstić information content (AvgIpc) is 2.28. The SMILES string of the molecule is CC(=O)C(=CN(C)C)C(=O)Nc1ccccc1Cl. The molecule has 0 saturated heterocycles. The number of rotatable bonds is 4. The Morgan fingerprint density at radius 1 is 1.28 bits per heavy atom. The summed E-state index contributed by atoms with van der Waals surface area (Å²) in [6, 6.07) is 6.86. The highest BCUT2D eigenvalue weighted by atomic mass is 35.5. The van der Waals surface area contributed by atoms with Crippen LogP contribution in [-0.4, -0.2) is 30.7 Å². The van der Waals surface area contributed by atoms with Crippen molar-refractivity contribution in [3.8, 4) is 0 Å². The van der Waals surface area contributed by atoms with Gasteiger partial charge in [-0.25, -0.2) is 0 Å². The molecule has 0 saturated carbocycles. The van der Waals surface area contributed by atoms with E-state index in [2.05, 4.69) is 5.32 Å². The van der Waals surface area contributed by atoms with E-state index in [1.165, 1.54) is 13.1 Å². The summed E-state index contributed by atoms with van der Waals surface area (Å²) in [7, 11) is 3.48. The minimum absolute atomic E-state index is 0.0833. The van der Waals surface area contributed by atoms with E-state index in [1.54, 1.807) is 43.3 Å². The van der Waals surface area contributed by atoms with E-state index in [9.17, 15) is 9.59 Å². The molecule has 0 aliphatic heterocycles. The zero-order chi connectivity index (χ0) is 13.7. The van der Waals surface area contributed by atoms with Gasteiger partial charge in [0.25, 0.3) is 5.91 Å². The Hall–Kier alpha value is -1.81. The maximum absolute atomic E-state index is 12.0. The second-order valence-corrected chi connectivity index (χ2v) is 4.40. The molecule has 0 bridgehead atoms. The highest BCUT2D eigenvalue weighted by Crippen LogP contribution is 2.21. The lowest BCUT2D eigenvalue weighted by molar-refractivity contribution is -0.119. The molecule has 0 spiro atoms. The molecular weight excluding hydrogens is 252 g/mol. The van der Waals surface area contributed by atoms with Gasteiger partial charge in [0.15, 0.2) is 5.78 Å². The molecule has 0 fully saturated rings. The van der Waals surface area contributed by atoms with Crippen molar-refractivity contribution in [3.63, 3.8) is 0 Å². The number of halogens is 1. The number of ketones is 1. The Morgan fingerprint density at radius 2 is 1.89 bits per heavy atom. The molecule has 4 nitrogen and oxygen atoms in total. The first-order chi connectivity index (χ1) is 8.41. The number of carbonyl (C=O) groups is 2. The van der Waals surface area contributed by atoms with Crippen molar-refractivity contribution in [2.75, 3.05) is 19.4 Å². The molecule has 1 N–H and O–H groups in total. The summed E-state index contributed by atoms with van der Waals surface area (Å²) in [5.41, 5.74) is 0.565. The fourth-order valence-electron chi connectivity index (χ4n) is 1.32. The van der Waals surface area contributed by atoms with Gasteiger partial charge in [-0.05, 0) is 19.1 Å². The van der Waals surface area contributed by atoms with Gasteiger partial charge in [-0.3, -0.25) is 9.59 Å². The van der Waals surface area contributed by atoms with Crippen molar-refractivity contribution in [1.82, 2.24) is 4.90 Å². The highest BCUT2D eigenvalue weighted by molar-refractivity contribution is 6.34. The molecular formula is C13H15ClN2O2.